The fourth-order valence-electron chi connectivity index (χ4n) is 17.8. The summed E-state index contributed by atoms with van der Waals surface area (Å²) in [6.07, 6.45) is 28.0. The maximum atomic E-state index is 13.3. The molecule has 600 valence electrons. The highest BCUT2D eigenvalue weighted by atomic mass is 79.9. The number of nitrogens with zero attached hydrogens (tertiary/aromatic N) is 1. The quantitative estimate of drug-likeness (QED) is 0.0592. The van der Waals surface area contributed by atoms with Crippen LogP contribution in [0.4, 0.5) is 4.39 Å². The van der Waals surface area contributed by atoms with Gasteiger partial charge in [-0.1, -0.05) is 261 Å². The first kappa shape index (κ1) is 79.1. The fourth-order valence-corrected chi connectivity index (χ4v) is 19.0. The maximum absolute atomic E-state index is 13.3. The number of aromatic nitrogens is 9. The Labute approximate surface area is 734 Å². The third-order valence-electron chi connectivity index (χ3n) is 23.6. The second-order valence-electron chi connectivity index (χ2n) is 32.1. The summed E-state index contributed by atoms with van der Waals surface area (Å²) in [5, 5.41) is 14.3. The Hall–Kier alpha value is -12.7. The average molecular weight is 1740 g/mol. The van der Waals surface area contributed by atoms with Crippen LogP contribution in [0.3, 0.4) is 0 Å². The SMILES string of the molecule is Brc1ccc2[nH]cc(Cc3cc4ccccc4[nH]3)c2c1.Cc1ccc2c(c1)C=C(Cc1c[nH]c3c(Cl)cccc13)C2.Clc1ccc2[nH]cc(Cc3cc4ccccc4[nH]3)c2c1.Clc1cccc2c(Cc3cc4ccccc4[nH]3)c[nH]c12.Cn1cc(CC2=Cc3ccccc3C2)c2ccccc21.Fc1ccc2c(c1)C=C(Cc1c[nH]c3c(Cl)cccc13)C2. The summed E-state index contributed by atoms with van der Waals surface area (Å²) >= 11 is 28.3. The van der Waals surface area contributed by atoms with Crippen molar-refractivity contribution in [3.05, 3.63) is 441 Å². The summed E-state index contributed by atoms with van der Waals surface area (Å²) in [5.41, 5.74) is 35.2. The number of H-pyrrole nitrogens is 8. The zero-order valence-electron chi connectivity index (χ0n) is 67.2. The highest BCUT2D eigenvalue weighted by Crippen LogP contribution is 2.38. The molecule has 0 unspecified atom stereocenters. The predicted octanol–water partition coefficient (Wildman–Crippen LogP) is 29.6. The van der Waals surface area contributed by atoms with Crippen LogP contribution in [0.2, 0.25) is 20.1 Å². The summed E-state index contributed by atoms with van der Waals surface area (Å²) in [5.74, 6) is -0.176. The third-order valence-corrected chi connectivity index (χ3v) is 25.3. The summed E-state index contributed by atoms with van der Waals surface area (Å²) in [6.45, 7) is 2.15. The lowest BCUT2D eigenvalue weighted by molar-refractivity contribution is 0.627. The number of aromatic amines is 8. The zero-order chi connectivity index (χ0) is 82.9. The van der Waals surface area contributed by atoms with Gasteiger partial charge in [0.2, 0.25) is 0 Å². The van der Waals surface area contributed by atoms with Crippen LogP contribution in [0, 0.1) is 12.7 Å². The first-order valence-electron chi connectivity index (χ1n) is 41.1. The predicted molar refractivity (Wildman–Crippen MR) is 516 cm³/mol. The standard InChI is InChI=1S/C19H16ClN.C19H17N.C18H13ClFN.C17H13BrN2.2C17H13ClN2/c1-12-5-6-14-8-13(9-15(14)7-12)10-16-11-21-19-17(16)3-2-4-18(19)20;1-20-13-17(18-8-4-5-9-19(18)20)12-14-10-15-6-2-3-7-16(15)11-14;19-17-3-1-2-16-14(10-21-18(16)17)8-11-6-12-4-5-15(20)9-13(12)7-11;18-13-5-6-17-15(9-13)12(10-19-17)8-14-7-11-3-1-2-4-16(11)20-14;18-15-6-3-5-14-12(10-19-17(14)15)9-13-8-11-4-1-2-7-16(11)20-13;18-13-5-6-17-15(9-13)12(10-19-17)8-14-7-11-3-1-2-4-16(11)20-14/h2-7,9,11,21H,8,10H2,1H3;2-10,13H,11-12H2,1H3;1-5,7,9-10,21H,6,8H2;1-7,9-10,19-20H,8H2;1-8,10,19-20H,9H2;1-7,9-10,19-20H,8H2. The lowest BCUT2D eigenvalue weighted by atomic mass is 10.0. The molecular formula is C107H85BrCl4FN9. The Morgan fingerprint density at radius 3 is 1.27 bits per heavy atom. The molecule has 12 aromatic carbocycles. The Morgan fingerprint density at radius 2 is 0.746 bits per heavy atom. The molecule has 0 spiro atoms. The van der Waals surface area contributed by atoms with Crippen molar-refractivity contribution in [1.82, 2.24) is 44.4 Å². The minimum absolute atomic E-state index is 0.176. The molecule has 0 amide bonds. The van der Waals surface area contributed by atoms with E-state index in [9.17, 15) is 4.39 Å². The number of benzene rings is 12. The van der Waals surface area contributed by atoms with E-state index in [-0.39, 0.29) is 5.82 Å². The molecule has 0 saturated heterocycles. The molecule has 3 aliphatic carbocycles. The molecule has 0 bridgehead atoms. The number of hydrogen-bond acceptors (Lipinski definition) is 0. The Balaban J connectivity index is 0.0000000964. The Kier molecular flexibility index (Phi) is 22.6. The van der Waals surface area contributed by atoms with E-state index in [0.717, 1.165) is 115 Å². The number of rotatable bonds is 12. The van der Waals surface area contributed by atoms with Crippen LogP contribution in [0.15, 0.2) is 325 Å². The highest BCUT2D eigenvalue weighted by Gasteiger charge is 2.21. The number of halogens is 6. The van der Waals surface area contributed by atoms with Crippen molar-refractivity contribution in [2.75, 3.05) is 0 Å². The summed E-state index contributed by atoms with van der Waals surface area (Å²) in [4.78, 5) is 26.9. The van der Waals surface area contributed by atoms with Crippen molar-refractivity contribution >= 4 is 179 Å². The van der Waals surface area contributed by atoms with Crippen molar-refractivity contribution < 1.29 is 4.39 Å². The monoisotopic (exact) mass is 1730 g/mol. The zero-order valence-corrected chi connectivity index (χ0v) is 71.8. The largest absolute Gasteiger partial charge is 0.361 e. The second-order valence-corrected chi connectivity index (χ2v) is 34.7. The number of fused-ring (bicyclic) bond motifs is 12. The van der Waals surface area contributed by atoms with E-state index in [1.54, 1.807) is 6.07 Å². The molecule has 0 saturated carbocycles. The van der Waals surface area contributed by atoms with Gasteiger partial charge in [-0.15, -0.1) is 0 Å². The number of aryl methyl sites for hydroxylation is 2. The molecule has 21 aromatic rings. The molecule has 24 rings (SSSR count). The number of para-hydroxylation sites is 7. The van der Waals surface area contributed by atoms with E-state index in [2.05, 4.69) is 299 Å². The summed E-state index contributed by atoms with van der Waals surface area (Å²) < 4.78 is 16.6. The van der Waals surface area contributed by atoms with Crippen molar-refractivity contribution in [1.29, 1.82) is 0 Å². The molecular weight excluding hydrogens is 1650 g/mol. The van der Waals surface area contributed by atoms with E-state index >= 15 is 0 Å². The normalized spacial score (nSPS) is 12.5. The Bertz CT molecular complexity index is 7080. The lowest BCUT2D eigenvalue weighted by Gasteiger charge is -2.02. The Morgan fingerprint density at radius 1 is 0.336 bits per heavy atom. The van der Waals surface area contributed by atoms with Gasteiger partial charge in [0, 0.05) is 155 Å². The van der Waals surface area contributed by atoms with Gasteiger partial charge in [0.15, 0.2) is 0 Å². The van der Waals surface area contributed by atoms with Crippen LogP contribution in [0.5, 0.6) is 0 Å². The van der Waals surface area contributed by atoms with Crippen molar-refractivity contribution in [3.63, 3.8) is 0 Å². The molecule has 3 aliphatic rings. The van der Waals surface area contributed by atoms with Gasteiger partial charge in [-0.3, -0.25) is 0 Å². The molecule has 0 radical (unpaired) electrons. The number of nitrogens with one attached hydrogen (secondary N) is 8. The molecule has 9 aromatic heterocycles. The molecule has 0 atom stereocenters. The van der Waals surface area contributed by atoms with Gasteiger partial charge < -0.3 is 44.4 Å². The van der Waals surface area contributed by atoms with Gasteiger partial charge in [-0.25, -0.2) is 4.39 Å². The third kappa shape index (κ3) is 17.2. The van der Waals surface area contributed by atoms with Crippen LogP contribution in [0.1, 0.15) is 89.4 Å². The van der Waals surface area contributed by atoms with Crippen molar-refractivity contribution in [2.24, 2.45) is 7.05 Å². The minimum atomic E-state index is -0.176. The maximum Gasteiger partial charge on any atom is 0.123 e. The van der Waals surface area contributed by atoms with E-state index in [1.165, 1.54) is 177 Å². The first-order chi connectivity index (χ1) is 59.6. The topological polar surface area (TPSA) is 131 Å². The lowest BCUT2D eigenvalue weighted by Crippen LogP contribution is -1.90. The van der Waals surface area contributed by atoms with Crippen LogP contribution in [-0.2, 0) is 64.8 Å². The van der Waals surface area contributed by atoms with Gasteiger partial charge in [-0.2, -0.15) is 0 Å². The van der Waals surface area contributed by atoms with Crippen LogP contribution in [-0.4, -0.2) is 44.4 Å². The smallest absolute Gasteiger partial charge is 0.123 e. The van der Waals surface area contributed by atoms with Gasteiger partial charge in [-0.05, 0) is 238 Å². The fraction of sp³-hybridized carbons (Fsp3) is 0.103. The molecule has 122 heavy (non-hydrogen) atoms. The first-order valence-corrected chi connectivity index (χ1v) is 43.4. The summed E-state index contributed by atoms with van der Waals surface area (Å²) in [7, 11) is 2.13. The van der Waals surface area contributed by atoms with Gasteiger partial charge >= 0.3 is 0 Å². The van der Waals surface area contributed by atoms with Crippen LogP contribution < -0.4 is 0 Å². The van der Waals surface area contributed by atoms with Gasteiger partial charge in [0.05, 0.1) is 31.6 Å². The van der Waals surface area contributed by atoms with E-state index in [4.69, 9.17) is 46.4 Å². The summed E-state index contributed by atoms with van der Waals surface area (Å²) in [6, 6.07) is 91.1. The molecule has 0 aliphatic heterocycles. The van der Waals surface area contributed by atoms with E-state index in [0.29, 0.717) is 0 Å². The molecule has 15 heteroatoms. The average Bonchev–Trinajstić information content (AvgIpc) is 1.64. The molecule has 9 heterocycles. The van der Waals surface area contributed by atoms with Gasteiger partial charge in [0.25, 0.3) is 0 Å². The second kappa shape index (κ2) is 34.8. The molecule has 0 fully saturated rings. The minimum Gasteiger partial charge on any atom is -0.361 e. The van der Waals surface area contributed by atoms with Crippen LogP contribution in [0.25, 0.3) is 116 Å². The highest BCUT2D eigenvalue weighted by molar-refractivity contribution is 9.10. The molecule has 9 nitrogen and oxygen atoms in total. The van der Waals surface area contributed by atoms with Crippen molar-refractivity contribution in [2.45, 2.75) is 64.7 Å². The van der Waals surface area contributed by atoms with E-state index in [1.807, 2.05) is 85.2 Å². The number of allylic oxidation sites excluding steroid dienone is 3. The molecule has 8 N–H and O–H groups in total. The van der Waals surface area contributed by atoms with Crippen molar-refractivity contribution in [3.8, 4) is 0 Å². The van der Waals surface area contributed by atoms with Gasteiger partial charge in [0.1, 0.15) is 5.82 Å². The number of hydrogen-bond donors (Lipinski definition) is 8. The van der Waals surface area contributed by atoms with Crippen LogP contribution >= 0.6 is 62.3 Å². The van der Waals surface area contributed by atoms with E-state index < -0.39 is 0 Å².